The molecule has 0 atom stereocenters. The van der Waals surface area contributed by atoms with Crippen molar-refractivity contribution in [3.8, 4) is 10.4 Å². The maximum absolute atomic E-state index is 13.7. The monoisotopic (exact) mass is 474 g/mol. The Morgan fingerprint density at radius 2 is 1.97 bits per heavy atom. The fourth-order valence-corrected chi connectivity index (χ4v) is 6.35. The van der Waals surface area contributed by atoms with Crippen LogP contribution >= 0.6 is 34.4 Å². The molecule has 10 heteroatoms. The van der Waals surface area contributed by atoms with Crippen LogP contribution in [0.3, 0.4) is 0 Å². The molecule has 0 N–H and O–H groups in total. The molecule has 0 fully saturated rings. The predicted octanol–water partition coefficient (Wildman–Crippen LogP) is 6.24. The molecule has 0 saturated heterocycles. The fourth-order valence-electron chi connectivity index (χ4n) is 3.55. The van der Waals surface area contributed by atoms with Gasteiger partial charge in [0, 0.05) is 22.4 Å². The van der Waals surface area contributed by atoms with E-state index in [4.69, 9.17) is 4.98 Å². The molecule has 0 saturated carbocycles. The third kappa shape index (κ3) is 3.48. The van der Waals surface area contributed by atoms with Gasteiger partial charge in [-0.15, -0.1) is 22.7 Å². The minimum Gasteiger partial charge on any atom is -0.287 e. The van der Waals surface area contributed by atoms with Crippen molar-refractivity contribution >= 4 is 55.7 Å². The lowest BCUT2D eigenvalue weighted by molar-refractivity contribution is 0.0722. The van der Waals surface area contributed by atoms with Gasteiger partial charge in [0.25, 0.3) is 5.56 Å². The van der Waals surface area contributed by atoms with Gasteiger partial charge in [0.2, 0.25) is 0 Å². The Balaban J connectivity index is 1.55. The molecule has 4 heterocycles. The van der Waals surface area contributed by atoms with E-state index in [0.717, 1.165) is 15.0 Å². The quantitative estimate of drug-likeness (QED) is 0.216. The van der Waals surface area contributed by atoms with E-state index in [9.17, 15) is 13.6 Å². The first-order chi connectivity index (χ1) is 15.1. The van der Waals surface area contributed by atoms with Crippen LogP contribution in [-0.2, 0) is 12.3 Å². The van der Waals surface area contributed by atoms with Gasteiger partial charge in [-0.05, 0) is 30.5 Å². The highest BCUT2D eigenvalue weighted by Crippen LogP contribution is 2.35. The summed E-state index contributed by atoms with van der Waals surface area (Å²) in [5.41, 5.74) is 1.70. The zero-order chi connectivity index (χ0) is 21.5. The summed E-state index contributed by atoms with van der Waals surface area (Å²) in [4.78, 5) is 24.0. The summed E-state index contributed by atoms with van der Waals surface area (Å²) >= 11 is 4.25. The molecule has 0 amide bonds. The third-order valence-corrected chi connectivity index (χ3v) is 7.70. The first-order valence-corrected chi connectivity index (χ1v) is 12.3. The van der Waals surface area contributed by atoms with Crippen molar-refractivity contribution in [3.05, 3.63) is 63.3 Å². The number of benzene rings is 1. The summed E-state index contributed by atoms with van der Waals surface area (Å²) in [5, 5.41) is 5.05. The smallest absolute Gasteiger partial charge is 0.287 e. The van der Waals surface area contributed by atoms with Crippen LogP contribution in [0.4, 0.5) is 8.78 Å². The van der Waals surface area contributed by atoms with E-state index in [-0.39, 0.29) is 17.1 Å². The van der Waals surface area contributed by atoms with Crippen LogP contribution in [0.2, 0.25) is 0 Å². The number of thiophene rings is 2. The van der Waals surface area contributed by atoms with E-state index in [2.05, 4.69) is 4.98 Å². The predicted molar refractivity (Wildman–Crippen MR) is 123 cm³/mol. The standard InChI is InChI=1S/C21H16F2N4OS3/c1-2-26-19(28)17-12(15-8-5-9-29-15)10-30-18(17)25-21(26)31-11-16-24-13-6-3-4-7-14(13)27(16)20(22)23/h3-10,20H,2,11H2,1H3. The number of hydrogen-bond donors (Lipinski definition) is 0. The average molecular weight is 475 g/mol. The molecule has 0 unspecified atom stereocenters. The molecule has 5 nitrogen and oxygen atoms in total. The van der Waals surface area contributed by atoms with Gasteiger partial charge in [-0.1, -0.05) is 30.0 Å². The van der Waals surface area contributed by atoms with Gasteiger partial charge in [-0.2, -0.15) is 8.78 Å². The van der Waals surface area contributed by atoms with E-state index < -0.39 is 6.55 Å². The summed E-state index contributed by atoms with van der Waals surface area (Å²) in [6.07, 6.45) is 0. The minimum absolute atomic E-state index is 0.109. The Morgan fingerprint density at radius 1 is 1.13 bits per heavy atom. The van der Waals surface area contributed by atoms with Gasteiger partial charge in [0.05, 0.1) is 22.2 Å². The number of fused-ring (bicyclic) bond motifs is 2. The fraction of sp³-hybridized carbons (Fsp3) is 0.190. The van der Waals surface area contributed by atoms with Crippen LogP contribution < -0.4 is 5.56 Å². The van der Waals surface area contributed by atoms with E-state index >= 15 is 0 Å². The molecular formula is C21H16F2N4OS3. The molecule has 0 aliphatic carbocycles. The van der Waals surface area contributed by atoms with Crippen molar-refractivity contribution in [1.82, 2.24) is 19.1 Å². The highest BCUT2D eigenvalue weighted by molar-refractivity contribution is 7.98. The zero-order valence-corrected chi connectivity index (χ0v) is 18.7. The highest BCUT2D eigenvalue weighted by Gasteiger charge is 2.20. The summed E-state index contributed by atoms with van der Waals surface area (Å²) in [6, 6.07) is 10.8. The number of para-hydroxylation sites is 2. The number of hydrogen-bond acceptors (Lipinski definition) is 6. The number of thioether (sulfide) groups is 1. The van der Waals surface area contributed by atoms with E-state index in [1.807, 2.05) is 29.8 Å². The van der Waals surface area contributed by atoms with Crippen molar-refractivity contribution in [1.29, 1.82) is 0 Å². The van der Waals surface area contributed by atoms with Crippen LogP contribution in [-0.4, -0.2) is 19.1 Å². The molecule has 0 spiro atoms. The Bertz CT molecular complexity index is 1440. The van der Waals surface area contributed by atoms with Gasteiger partial charge < -0.3 is 0 Å². The average Bonchev–Trinajstić information content (AvgIpc) is 3.49. The number of rotatable bonds is 6. The Labute approximate surface area is 188 Å². The van der Waals surface area contributed by atoms with Crippen LogP contribution in [0.25, 0.3) is 31.7 Å². The SMILES string of the molecule is CCn1c(SCc2nc3ccccc3n2C(F)F)nc2scc(-c3cccs3)c2c1=O. The van der Waals surface area contributed by atoms with Crippen LogP contribution in [0.15, 0.2) is 57.1 Å². The van der Waals surface area contributed by atoms with Gasteiger partial charge in [-0.3, -0.25) is 13.9 Å². The number of alkyl halides is 2. The van der Waals surface area contributed by atoms with Gasteiger partial charge in [-0.25, -0.2) is 9.97 Å². The second-order valence-electron chi connectivity index (χ2n) is 6.70. The lowest BCUT2D eigenvalue weighted by Crippen LogP contribution is -2.22. The minimum atomic E-state index is -2.70. The third-order valence-electron chi connectivity index (χ3n) is 4.96. The molecule has 0 aliphatic rings. The molecule has 5 rings (SSSR count). The molecule has 5 aromatic rings. The van der Waals surface area contributed by atoms with E-state index in [1.54, 1.807) is 40.2 Å². The molecule has 0 radical (unpaired) electrons. The van der Waals surface area contributed by atoms with Gasteiger partial charge in [0.15, 0.2) is 5.16 Å². The van der Waals surface area contributed by atoms with E-state index in [0.29, 0.717) is 33.0 Å². The van der Waals surface area contributed by atoms with E-state index in [1.165, 1.54) is 23.1 Å². The number of aromatic nitrogens is 4. The maximum Gasteiger partial charge on any atom is 0.320 e. The second-order valence-corrected chi connectivity index (χ2v) is 9.45. The van der Waals surface area contributed by atoms with Crippen LogP contribution in [0.5, 0.6) is 0 Å². The summed E-state index contributed by atoms with van der Waals surface area (Å²) < 4.78 is 30.0. The molecule has 1 aromatic carbocycles. The molecule has 158 valence electrons. The molecule has 0 aliphatic heterocycles. The lowest BCUT2D eigenvalue weighted by Gasteiger charge is -2.11. The summed E-state index contributed by atoms with van der Waals surface area (Å²) in [5.74, 6) is 0.434. The zero-order valence-electron chi connectivity index (χ0n) is 16.3. The normalized spacial score (nSPS) is 11.9. The maximum atomic E-state index is 13.7. The van der Waals surface area contributed by atoms with Crippen molar-refractivity contribution in [2.45, 2.75) is 30.9 Å². The summed E-state index contributed by atoms with van der Waals surface area (Å²) in [6.45, 7) is -0.378. The number of nitrogens with zero attached hydrogens (tertiary/aromatic N) is 4. The van der Waals surface area contributed by atoms with Gasteiger partial charge in [0.1, 0.15) is 10.7 Å². The van der Waals surface area contributed by atoms with Gasteiger partial charge >= 0.3 is 6.55 Å². The summed E-state index contributed by atoms with van der Waals surface area (Å²) in [7, 11) is 0. The van der Waals surface area contributed by atoms with Crippen LogP contribution in [0.1, 0.15) is 19.3 Å². The van der Waals surface area contributed by atoms with Crippen molar-refractivity contribution in [3.63, 3.8) is 0 Å². The van der Waals surface area contributed by atoms with Crippen molar-refractivity contribution < 1.29 is 8.78 Å². The first-order valence-electron chi connectivity index (χ1n) is 9.51. The topological polar surface area (TPSA) is 52.7 Å². The Hall–Kier alpha value is -2.56. The second kappa shape index (κ2) is 8.18. The highest BCUT2D eigenvalue weighted by atomic mass is 32.2. The number of imidazole rings is 1. The lowest BCUT2D eigenvalue weighted by atomic mass is 10.2. The molecular weight excluding hydrogens is 458 g/mol. The van der Waals surface area contributed by atoms with Crippen LogP contribution in [0, 0.1) is 0 Å². The molecule has 0 bridgehead atoms. The largest absolute Gasteiger partial charge is 0.320 e. The first kappa shape index (κ1) is 20.3. The molecule has 31 heavy (non-hydrogen) atoms. The number of halogens is 2. The van der Waals surface area contributed by atoms with Crippen molar-refractivity contribution in [2.24, 2.45) is 0 Å². The Kier molecular flexibility index (Phi) is 5.37. The molecule has 4 aromatic heterocycles. The van der Waals surface area contributed by atoms with Crippen molar-refractivity contribution in [2.75, 3.05) is 0 Å². The Morgan fingerprint density at radius 3 is 2.71 bits per heavy atom.